The molecular formula is C38H53F2N5O7. The Kier molecular flexibility index (Phi) is 16.2. The molecule has 2 aromatic heterocycles. The van der Waals surface area contributed by atoms with Crippen LogP contribution in [0, 0.1) is 35.5 Å². The predicted molar refractivity (Wildman–Crippen MR) is 189 cm³/mol. The van der Waals surface area contributed by atoms with E-state index in [-0.39, 0.29) is 32.1 Å². The number of carbonyl (C=O) groups is 5. The smallest absolute Gasteiger partial charge is 0.408 e. The van der Waals surface area contributed by atoms with Gasteiger partial charge in [0, 0.05) is 12.4 Å². The summed E-state index contributed by atoms with van der Waals surface area (Å²) in [7, 11) is 0. The van der Waals surface area contributed by atoms with Crippen LogP contribution in [0.1, 0.15) is 84.5 Å². The Balaban J connectivity index is 1.90. The highest BCUT2D eigenvalue weighted by atomic mass is 19.3. The fraction of sp³-hybridized carbons (Fsp3) is 0.605. The van der Waals surface area contributed by atoms with Gasteiger partial charge in [0.15, 0.2) is 11.6 Å². The van der Waals surface area contributed by atoms with Crippen molar-refractivity contribution < 1.29 is 42.2 Å². The fourth-order valence-electron chi connectivity index (χ4n) is 6.57. The zero-order valence-electron chi connectivity index (χ0n) is 30.7. The molecule has 0 saturated heterocycles. The number of ketones is 3. The van der Waals surface area contributed by atoms with Crippen LogP contribution in [-0.2, 0) is 37.1 Å². The van der Waals surface area contributed by atoms with Gasteiger partial charge in [-0.1, -0.05) is 78.9 Å². The summed E-state index contributed by atoms with van der Waals surface area (Å²) >= 11 is 0. The molecule has 2 heterocycles. The fourth-order valence-corrected chi connectivity index (χ4v) is 6.57. The van der Waals surface area contributed by atoms with Crippen LogP contribution in [0.25, 0.3) is 0 Å². The van der Waals surface area contributed by atoms with E-state index in [1.165, 1.54) is 19.3 Å². The van der Waals surface area contributed by atoms with Crippen LogP contribution in [0.5, 0.6) is 0 Å². The molecule has 286 valence electrons. The second-order valence-electron chi connectivity index (χ2n) is 14.3. The van der Waals surface area contributed by atoms with Crippen LogP contribution in [-0.4, -0.2) is 64.1 Å². The Morgan fingerprint density at radius 1 is 0.788 bits per heavy atom. The second-order valence-corrected chi connectivity index (χ2v) is 14.3. The number of hydrogen-bond acceptors (Lipinski definition) is 10. The third-order valence-electron chi connectivity index (χ3n) is 9.57. The first-order valence-corrected chi connectivity index (χ1v) is 18.0. The van der Waals surface area contributed by atoms with Gasteiger partial charge >= 0.3 is 18.1 Å². The van der Waals surface area contributed by atoms with Crippen molar-refractivity contribution >= 4 is 29.5 Å². The minimum absolute atomic E-state index is 0.162. The molecule has 1 aliphatic carbocycles. The Morgan fingerprint density at radius 3 is 1.69 bits per heavy atom. The third-order valence-corrected chi connectivity index (χ3v) is 9.57. The van der Waals surface area contributed by atoms with E-state index in [1.807, 2.05) is 0 Å². The average molecular weight is 730 g/mol. The number of carbonyl (C=O) groups excluding carboxylic acids is 5. The Labute approximate surface area is 304 Å². The van der Waals surface area contributed by atoms with E-state index in [9.17, 15) is 24.0 Å². The number of Topliss-reactive ketones (excluding diaryl/α,β-unsaturated/α-hetero) is 3. The molecule has 14 heteroatoms. The highest BCUT2D eigenvalue weighted by molar-refractivity contribution is 6.10. The SMILES string of the molecule is CC(C)[C@H](NC(=O)OCc1ccccn1)C(=O)[C@H](CC1CCCCC1)C(=O)C(F)(F)[C@H](C(=O)[C@@H](NC(=O)OCc1ccccn1)C(C)C)C(C)CN. The number of rotatable bonds is 19. The molecule has 0 aromatic carbocycles. The normalized spacial score (nSPS) is 16.7. The first-order valence-electron chi connectivity index (χ1n) is 18.0. The zero-order chi connectivity index (χ0) is 38.4. The molecule has 1 aliphatic rings. The van der Waals surface area contributed by atoms with Gasteiger partial charge in [-0.05, 0) is 60.9 Å². The summed E-state index contributed by atoms with van der Waals surface area (Å²) in [4.78, 5) is 76.3. The monoisotopic (exact) mass is 729 g/mol. The number of nitrogens with zero attached hydrogens (tertiary/aromatic N) is 2. The van der Waals surface area contributed by atoms with Crippen molar-refractivity contribution in [1.82, 2.24) is 20.6 Å². The molecule has 0 radical (unpaired) electrons. The van der Waals surface area contributed by atoms with Crippen molar-refractivity contribution in [2.24, 2.45) is 41.2 Å². The Bertz CT molecular complexity index is 1470. The summed E-state index contributed by atoms with van der Waals surface area (Å²) < 4.78 is 44.2. The number of hydrogen-bond donors (Lipinski definition) is 3. The van der Waals surface area contributed by atoms with Crippen molar-refractivity contribution in [2.45, 2.75) is 104 Å². The third kappa shape index (κ3) is 11.9. The molecule has 2 amide bonds. The summed E-state index contributed by atoms with van der Waals surface area (Å²) in [5, 5.41) is 4.88. The molecule has 52 heavy (non-hydrogen) atoms. The van der Waals surface area contributed by atoms with Gasteiger partial charge in [-0.2, -0.15) is 8.78 Å². The van der Waals surface area contributed by atoms with Gasteiger partial charge in [0.2, 0.25) is 5.78 Å². The average Bonchev–Trinajstić information content (AvgIpc) is 3.13. The Morgan fingerprint density at radius 2 is 1.27 bits per heavy atom. The molecule has 12 nitrogen and oxygen atoms in total. The standard InChI is InChI=1S/C38H53F2N5O7/c1-23(2)31(44-36(49)51-21-27-15-9-11-17-42-27)33(46)29(19-26-13-7-6-8-14-26)35(48)38(39,40)30(25(5)20-41)34(47)32(24(3)4)45-37(50)52-22-28-16-10-12-18-43-28/h9-12,15-18,23-26,29-32H,6-8,13-14,19-22,41H2,1-5H3,(H,44,49)(H,45,50)/t25?,29-,30-,31-,32-/m0/s1. The lowest BCUT2D eigenvalue weighted by atomic mass is 9.72. The number of alkyl carbamates (subject to hydrolysis) is 2. The van der Waals surface area contributed by atoms with Crippen molar-refractivity contribution in [2.75, 3.05) is 6.54 Å². The molecule has 5 atom stereocenters. The molecule has 2 aromatic rings. The summed E-state index contributed by atoms with van der Waals surface area (Å²) in [6.45, 7) is 6.89. The number of halogens is 2. The van der Waals surface area contributed by atoms with Gasteiger partial charge in [0.1, 0.15) is 13.2 Å². The maximum atomic E-state index is 16.9. The molecule has 0 spiro atoms. The van der Waals surface area contributed by atoms with Gasteiger partial charge in [-0.25, -0.2) is 9.59 Å². The molecule has 1 saturated carbocycles. The number of alkyl halides is 2. The summed E-state index contributed by atoms with van der Waals surface area (Å²) in [5.41, 5.74) is 6.73. The van der Waals surface area contributed by atoms with Crippen LogP contribution in [0.3, 0.4) is 0 Å². The molecule has 0 bridgehead atoms. The molecule has 1 fully saturated rings. The van der Waals surface area contributed by atoms with E-state index in [4.69, 9.17) is 15.2 Å². The molecule has 0 aliphatic heterocycles. The van der Waals surface area contributed by atoms with E-state index < -0.39 is 77.1 Å². The molecule has 4 N–H and O–H groups in total. The lowest BCUT2D eigenvalue weighted by molar-refractivity contribution is -0.168. The van der Waals surface area contributed by atoms with Crippen molar-refractivity contribution in [1.29, 1.82) is 0 Å². The van der Waals surface area contributed by atoms with Gasteiger partial charge < -0.3 is 25.8 Å². The first kappa shape index (κ1) is 42.1. The maximum Gasteiger partial charge on any atom is 0.408 e. The predicted octanol–water partition coefficient (Wildman–Crippen LogP) is 5.82. The molecular weight excluding hydrogens is 676 g/mol. The maximum absolute atomic E-state index is 16.9. The van der Waals surface area contributed by atoms with Crippen LogP contribution in [0.15, 0.2) is 48.8 Å². The minimum Gasteiger partial charge on any atom is -0.443 e. The number of amides is 2. The first-order chi connectivity index (χ1) is 24.7. The van der Waals surface area contributed by atoms with Crippen LogP contribution in [0.4, 0.5) is 18.4 Å². The van der Waals surface area contributed by atoms with Crippen LogP contribution in [0.2, 0.25) is 0 Å². The van der Waals surface area contributed by atoms with Crippen LogP contribution >= 0.6 is 0 Å². The minimum atomic E-state index is -4.36. The number of aromatic nitrogens is 2. The van der Waals surface area contributed by atoms with Gasteiger partial charge in [0.05, 0.1) is 35.3 Å². The lowest BCUT2D eigenvalue weighted by Gasteiger charge is -2.36. The topological polar surface area (TPSA) is 180 Å². The number of nitrogens with one attached hydrogen (secondary N) is 2. The number of ether oxygens (including phenoxy) is 2. The van der Waals surface area contributed by atoms with E-state index in [0.717, 1.165) is 19.3 Å². The summed E-state index contributed by atoms with van der Waals surface area (Å²) in [6.07, 6.45) is 4.77. The number of pyridine rings is 2. The van der Waals surface area contributed by atoms with Crippen molar-refractivity contribution in [3.8, 4) is 0 Å². The van der Waals surface area contributed by atoms with Gasteiger partial charge in [-0.3, -0.25) is 24.4 Å². The zero-order valence-corrected chi connectivity index (χ0v) is 30.7. The van der Waals surface area contributed by atoms with Gasteiger partial charge in [0.25, 0.3) is 0 Å². The summed E-state index contributed by atoms with van der Waals surface area (Å²) in [6, 6.07) is 7.24. The van der Waals surface area contributed by atoms with Crippen molar-refractivity contribution in [3.63, 3.8) is 0 Å². The van der Waals surface area contributed by atoms with Crippen molar-refractivity contribution in [3.05, 3.63) is 60.2 Å². The molecule has 3 rings (SSSR count). The van der Waals surface area contributed by atoms with E-state index >= 15 is 8.78 Å². The second kappa shape index (κ2) is 20.1. The lowest BCUT2D eigenvalue weighted by Crippen LogP contribution is -2.58. The highest BCUT2D eigenvalue weighted by Crippen LogP contribution is 2.39. The quantitative estimate of drug-likeness (QED) is 0.149. The molecule has 1 unspecified atom stereocenters. The highest BCUT2D eigenvalue weighted by Gasteiger charge is 2.57. The van der Waals surface area contributed by atoms with Gasteiger partial charge in [-0.15, -0.1) is 0 Å². The van der Waals surface area contributed by atoms with E-state index in [1.54, 1.807) is 64.1 Å². The Hall–Kier alpha value is -4.33. The largest absolute Gasteiger partial charge is 0.443 e. The van der Waals surface area contributed by atoms with Crippen LogP contribution < -0.4 is 16.4 Å². The summed E-state index contributed by atoms with van der Waals surface area (Å²) in [5.74, 6) is -14.9. The van der Waals surface area contributed by atoms with E-state index in [0.29, 0.717) is 24.2 Å². The van der Waals surface area contributed by atoms with E-state index in [2.05, 4.69) is 20.6 Å². The number of nitrogens with two attached hydrogens (primary N) is 1.